The van der Waals surface area contributed by atoms with Crippen LogP contribution in [0.3, 0.4) is 0 Å². The van der Waals surface area contributed by atoms with Crippen molar-refractivity contribution < 1.29 is 13.9 Å². The Morgan fingerprint density at radius 2 is 2.19 bits per heavy atom. The molecule has 1 aromatic carbocycles. The van der Waals surface area contributed by atoms with Crippen molar-refractivity contribution in [2.24, 2.45) is 0 Å². The summed E-state index contributed by atoms with van der Waals surface area (Å²) in [6.45, 7) is 3.96. The van der Waals surface area contributed by atoms with Gasteiger partial charge in [-0.2, -0.15) is 0 Å². The largest absolute Gasteiger partial charge is 0.466 e. The molecule has 0 unspecified atom stereocenters. The van der Waals surface area contributed by atoms with Crippen LogP contribution in [0.4, 0.5) is 4.39 Å². The zero-order chi connectivity index (χ0) is 12.0. The number of ether oxygens (including phenoxy) is 1. The van der Waals surface area contributed by atoms with Gasteiger partial charge in [-0.25, -0.2) is 4.39 Å². The normalized spacial score (nSPS) is 10.2. The number of carbonyl (C=O) groups is 1. The van der Waals surface area contributed by atoms with Crippen molar-refractivity contribution in [1.29, 1.82) is 0 Å². The molecule has 0 fully saturated rings. The SMILES string of the molecule is CCOC(=O)CCCc1ccc(F)c(C)c1. The maximum atomic E-state index is 13.0. The van der Waals surface area contributed by atoms with Gasteiger partial charge in [0.2, 0.25) is 0 Å². The second-order valence-electron chi connectivity index (χ2n) is 3.74. The molecule has 0 aromatic heterocycles. The van der Waals surface area contributed by atoms with Gasteiger partial charge in [0, 0.05) is 6.42 Å². The number of carbonyl (C=O) groups excluding carboxylic acids is 1. The van der Waals surface area contributed by atoms with E-state index in [1.54, 1.807) is 19.9 Å². The zero-order valence-corrected chi connectivity index (χ0v) is 9.75. The number of hydrogen-bond acceptors (Lipinski definition) is 2. The molecule has 88 valence electrons. The first-order valence-corrected chi connectivity index (χ1v) is 5.54. The van der Waals surface area contributed by atoms with Gasteiger partial charge in [0.25, 0.3) is 0 Å². The third-order valence-electron chi connectivity index (χ3n) is 2.37. The Labute approximate surface area is 95.4 Å². The number of esters is 1. The molecule has 16 heavy (non-hydrogen) atoms. The van der Waals surface area contributed by atoms with E-state index in [2.05, 4.69) is 0 Å². The minimum Gasteiger partial charge on any atom is -0.466 e. The molecule has 0 radical (unpaired) electrons. The summed E-state index contributed by atoms with van der Waals surface area (Å²) in [5.41, 5.74) is 1.71. The number of hydrogen-bond donors (Lipinski definition) is 0. The molecule has 3 heteroatoms. The van der Waals surface area contributed by atoms with Gasteiger partial charge in [-0.15, -0.1) is 0 Å². The highest BCUT2D eigenvalue weighted by Gasteiger charge is 2.03. The van der Waals surface area contributed by atoms with Gasteiger partial charge in [-0.3, -0.25) is 4.79 Å². The maximum Gasteiger partial charge on any atom is 0.305 e. The molecular formula is C13H17FO2. The lowest BCUT2D eigenvalue weighted by Crippen LogP contribution is -2.04. The van der Waals surface area contributed by atoms with Crippen LogP contribution in [0.25, 0.3) is 0 Å². The minimum atomic E-state index is -0.186. The van der Waals surface area contributed by atoms with Crippen molar-refractivity contribution in [1.82, 2.24) is 0 Å². The van der Waals surface area contributed by atoms with Crippen LogP contribution < -0.4 is 0 Å². The van der Waals surface area contributed by atoms with Gasteiger partial charge >= 0.3 is 5.97 Å². The quantitative estimate of drug-likeness (QED) is 0.719. The maximum absolute atomic E-state index is 13.0. The van der Waals surface area contributed by atoms with E-state index in [0.29, 0.717) is 18.6 Å². The van der Waals surface area contributed by atoms with Gasteiger partial charge < -0.3 is 4.74 Å². The lowest BCUT2D eigenvalue weighted by molar-refractivity contribution is -0.143. The first kappa shape index (κ1) is 12.7. The van der Waals surface area contributed by atoms with Crippen LogP contribution in [0, 0.1) is 12.7 Å². The molecule has 0 heterocycles. The molecule has 1 aromatic rings. The van der Waals surface area contributed by atoms with Gasteiger partial charge in [0.05, 0.1) is 6.61 Å². The Bertz CT molecular complexity index is 361. The summed E-state index contributed by atoms with van der Waals surface area (Å²) < 4.78 is 17.8. The van der Waals surface area contributed by atoms with E-state index in [0.717, 1.165) is 18.4 Å². The predicted octanol–water partition coefficient (Wildman–Crippen LogP) is 3.02. The molecule has 1 rings (SSSR count). The van der Waals surface area contributed by atoms with Crippen LogP contribution in [-0.4, -0.2) is 12.6 Å². The smallest absolute Gasteiger partial charge is 0.305 e. The number of aryl methyl sites for hydroxylation is 2. The van der Waals surface area contributed by atoms with Crippen molar-refractivity contribution in [3.63, 3.8) is 0 Å². The van der Waals surface area contributed by atoms with Crippen LogP contribution in [-0.2, 0) is 16.0 Å². The fourth-order valence-electron chi connectivity index (χ4n) is 1.53. The Morgan fingerprint density at radius 1 is 1.44 bits per heavy atom. The predicted molar refractivity (Wildman–Crippen MR) is 60.7 cm³/mol. The summed E-state index contributed by atoms with van der Waals surface area (Å²) in [4.78, 5) is 11.1. The number of rotatable bonds is 5. The van der Waals surface area contributed by atoms with Crippen LogP contribution in [0.5, 0.6) is 0 Å². The summed E-state index contributed by atoms with van der Waals surface area (Å²) in [6, 6.07) is 5.04. The van der Waals surface area contributed by atoms with Crippen LogP contribution in [0.15, 0.2) is 18.2 Å². The van der Waals surface area contributed by atoms with E-state index < -0.39 is 0 Å². The van der Waals surface area contributed by atoms with Crippen molar-refractivity contribution >= 4 is 5.97 Å². The summed E-state index contributed by atoms with van der Waals surface area (Å²) in [5.74, 6) is -0.351. The third-order valence-corrected chi connectivity index (χ3v) is 2.37. The number of halogens is 1. The third kappa shape index (κ3) is 4.01. The van der Waals surface area contributed by atoms with Crippen molar-refractivity contribution in [3.8, 4) is 0 Å². The topological polar surface area (TPSA) is 26.3 Å². The molecule has 0 aliphatic carbocycles. The monoisotopic (exact) mass is 224 g/mol. The summed E-state index contributed by atoms with van der Waals surface area (Å²) in [5, 5.41) is 0. The Kier molecular flexibility index (Phi) is 4.96. The Hall–Kier alpha value is -1.38. The van der Waals surface area contributed by atoms with E-state index in [4.69, 9.17) is 4.74 Å². The van der Waals surface area contributed by atoms with E-state index in [1.807, 2.05) is 6.07 Å². The van der Waals surface area contributed by atoms with Crippen LogP contribution >= 0.6 is 0 Å². The average molecular weight is 224 g/mol. The van der Waals surface area contributed by atoms with Gasteiger partial charge in [-0.1, -0.05) is 12.1 Å². The highest BCUT2D eigenvalue weighted by atomic mass is 19.1. The molecule has 0 atom stereocenters. The molecule has 0 aliphatic rings. The van der Waals surface area contributed by atoms with E-state index in [9.17, 15) is 9.18 Å². The fraction of sp³-hybridized carbons (Fsp3) is 0.462. The molecule has 0 N–H and O–H groups in total. The molecule has 0 saturated carbocycles. The van der Waals surface area contributed by atoms with E-state index in [1.165, 1.54) is 6.07 Å². The Balaban J connectivity index is 2.37. The minimum absolute atomic E-state index is 0.165. The number of benzene rings is 1. The Morgan fingerprint density at radius 3 is 2.81 bits per heavy atom. The van der Waals surface area contributed by atoms with Gasteiger partial charge in [0.1, 0.15) is 5.82 Å². The lowest BCUT2D eigenvalue weighted by Gasteiger charge is -2.04. The molecular weight excluding hydrogens is 207 g/mol. The molecule has 0 saturated heterocycles. The van der Waals surface area contributed by atoms with Crippen LogP contribution in [0.2, 0.25) is 0 Å². The van der Waals surface area contributed by atoms with Crippen LogP contribution in [0.1, 0.15) is 30.9 Å². The van der Waals surface area contributed by atoms with Gasteiger partial charge in [0.15, 0.2) is 0 Å². The summed E-state index contributed by atoms with van der Waals surface area (Å²) >= 11 is 0. The van der Waals surface area contributed by atoms with Crippen molar-refractivity contribution in [2.75, 3.05) is 6.61 Å². The molecule has 2 nitrogen and oxygen atoms in total. The first-order valence-electron chi connectivity index (χ1n) is 5.54. The summed E-state index contributed by atoms with van der Waals surface area (Å²) in [6.07, 6.45) is 1.94. The van der Waals surface area contributed by atoms with Crippen molar-refractivity contribution in [3.05, 3.63) is 35.1 Å². The molecule has 0 spiro atoms. The molecule has 0 bridgehead atoms. The zero-order valence-electron chi connectivity index (χ0n) is 9.75. The lowest BCUT2D eigenvalue weighted by atomic mass is 10.1. The molecule has 0 amide bonds. The average Bonchev–Trinajstić information content (AvgIpc) is 2.24. The van der Waals surface area contributed by atoms with E-state index >= 15 is 0 Å². The highest BCUT2D eigenvalue weighted by molar-refractivity contribution is 5.69. The summed E-state index contributed by atoms with van der Waals surface area (Å²) in [7, 11) is 0. The van der Waals surface area contributed by atoms with Crippen molar-refractivity contribution in [2.45, 2.75) is 33.1 Å². The second-order valence-corrected chi connectivity index (χ2v) is 3.74. The second kappa shape index (κ2) is 6.26. The standard InChI is InChI=1S/C13H17FO2/c1-3-16-13(15)6-4-5-11-7-8-12(14)10(2)9-11/h7-9H,3-6H2,1-2H3. The molecule has 0 aliphatic heterocycles. The van der Waals surface area contributed by atoms with E-state index in [-0.39, 0.29) is 11.8 Å². The first-order chi connectivity index (χ1) is 7.63. The van der Waals surface area contributed by atoms with Gasteiger partial charge in [-0.05, 0) is 43.9 Å². The highest BCUT2D eigenvalue weighted by Crippen LogP contribution is 2.11. The fourth-order valence-corrected chi connectivity index (χ4v) is 1.53.